The van der Waals surface area contributed by atoms with Crippen LogP contribution in [0.4, 0.5) is 5.00 Å². The number of rotatable bonds is 6. The van der Waals surface area contributed by atoms with Crippen LogP contribution in [0.2, 0.25) is 0 Å². The van der Waals surface area contributed by atoms with Crippen LogP contribution in [0.1, 0.15) is 36.6 Å². The summed E-state index contributed by atoms with van der Waals surface area (Å²) in [6.45, 7) is 6.10. The number of carbonyl (C=O) groups is 1. The van der Waals surface area contributed by atoms with Crippen molar-refractivity contribution in [2.75, 3.05) is 25.0 Å². The highest BCUT2D eigenvalue weighted by Gasteiger charge is 2.36. The Kier molecular flexibility index (Phi) is 5.92. The molecule has 5 heterocycles. The molecule has 0 aromatic carbocycles. The first kappa shape index (κ1) is 21.6. The maximum atomic E-state index is 12.9. The van der Waals surface area contributed by atoms with Gasteiger partial charge in [0.05, 0.1) is 10.9 Å². The smallest absolute Gasteiger partial charge is 0.226 e. The molecule has 3 aromatic heterocycles. The van der Waals surface area contributed by atoms with Crippen LogP contribution in [-0.2, 0) is 17.8 Å². The Morgan fingerprint density at radius 3 is 2.91 bits per heavy atom. The summed E-state index contributed by atoms with van der Waals surface area (Å²) >= 11 is 3.38. The number of thiophene rings is 1. The fraction of sp³-hybridized carbons (Fsp3) is 0.542. The van der Waals surface area contributed by atoms with Crippen LogP contribution < -0.4 is 21.3 Å². The Morgan fingerprint density at radius 1 is 1.24 bits per heavy atom. The van der Waals surface area contributed by atoms with Gasteiger partial charge in [-0.2, -0.15) is 0 Å². The van der Waals surface area contributed by atoms with E-state index in [-0.39, 0.29) is 5.91 Å². The van der Waals surface area contributed by atoms with E-state index >= 15 is 0 Å². The van der Waals surface area contributed by atoms with Crippen LogP contribution in [0.3, 0.4) is 0 Å². The second kappa shape index (κ2) is 9.03. The van der Waals surface area contributed by atoms with Crippen molar-refractivity contribution in [1.82, 2.24) is 25.9 Å². The zero-order chi connectivity index (χ0) is 22.4. The van der Waals surface area contributed by atoms with Gasteiger partial charge in [0.25, 0.3) is 0 Å². The molecule has 0 radical (unpaired) electrons. The molecular formula is C24H30N6OS2. The molecule has 0 spiro atoms. The number of nitrogens with one attached hydrogen (secondary N) is 4. The van der Waals surface area contributed by atoms with Gasteiger partial charge >= 0.3 is 0 Å². The number of nitrogens with zero attached hydrogens (tertiary/aromatic N) is 2. The van der Waals surface area contributed by atoms with Crippen molar-refractivity contribution in [3.63, 3.8) is 0 Å². The highest BCUT2D eigenvalue weighted by molar-refractivity contribution is 7.22. The Labute approximate surface area is 201 Å². The average molecular weight is 483 g/mol. The van der Waals surface area contributed by atoms with Gasteiger partial charge in [-0.05, 0) is 62.7 Å². The second-order valence-electron chi connectivity index (χ2n) is 9.66. The summed E-state index contributed by atoms with van der Waals surface area (Å²) in [6.07, 6.45) is 7.53. The minimum Gasteiger partial charge on any atom is -0.317 e. The van der Waals surface area contributed by atoms with E-state index in [2.05, 4.69) is 33.2 Å². The van der Waals surface area contributed by atoms with Crippen LogP contribution in [0.15, 0.2) is 18.5 Å². The topological polar surface area (TPSA) is 91.0 Å². The van der Waals surface area contributed by atoms with E-state index in [1.807, 2.05) is 18.5 Å². The van der Waals surface area contributed by atoms with Gasteiger partial charge < -0.3 is 21.3 Å². The highest BCUT2D eigenvalue weighted by Crippen LogP contribution is 2.45. The standard InChI is InChI=1S/C24H30N6OS2/c1-13-6-17-20(12-28-13)33-24(22(17)23-29-18-11-25-4-2-19(18)32-23)30-21(31)3-5-27-16-7-14-9-26-10-15(14)8-16/h2,4,11,13-16,26-28H,3,5-10,12H2,1H3,(H,30,31)/t13-,14-,15+,16+/m1/s1. The largest absolute Gasteiger partial charge is 0.317 e. The van der Waals surface area contributed by atoms with Gasteiger partial charge in [0.15, 0.2) is 0 Å². The fourth-order valence-electron chi connectivity index (χ4n) is 5.63. The van der Waals surface area contributed by atoms with Crippen LogP contribution in [0.25, 0.3) is 20.8 Å². The van der Waals surface area contributed by atoms with Gasteiger partial charge in [0.2, 0.25) is 5.91 Å². The lowest BCUT2D eigenvalue weighted by Crippen LogP contribution is -2.32. The monoisotopic (exact) mass is 482 g/mol. The number of carbonyl (C=O) groups excluding carboxylic acids is 1. The molecule has 3 aliphatic rings. The Bertz CT molecular complexity index is 1130. The average Bonchev–Trinajstić information content (AvgIpc) is 3.54. The number of pyridine rings is 1. The Balaban J connectivity index is 1.17. The highest BCUT2D eigenvalue weighted by atomic mass is 32.1. The molecule has 2 fully saturated rings. The maximum Gasteiger partial charge on any atom is 0.226 e. The third-order valence-corrected chi connectivity index (χ3v) is 9.51. The molecule has 6 rings (SSSR count). The summed E-state index contributed by atoms with van der Waals surface area (Å²) in [5.74, 6) is 1.71. The molecular weight excluding hydrogens is 452 g/mol. The number of hydrogen-bond donors (Lipinski definition) is 4. The molecule has 9 heteroatoms. The third-order valence-electron chi connectivity index (χ3n) is 7.31. The lowest BCUT2D eigenvalue weighted by molar-refractivity contribution is -0.116. The predicted molar refractivity (Wildman–Crippen MR) is 135 cm³/mol. The summed E-state index contributed by atoms with van der Waals surface area (Å²) in [4.78, 5) is 23.3. The SMILES string of the molecule is C[C@@H]1Cc2c(sc(NC(=O)CCN[C@@H]3C[C@H]4CNC[C@H]4C3)c2-c2nc3cnccc3s2)CN1. The second-order valence-corrected chi connectivity index (χ2v) is 11.8. The van der Waals surface area contributed by atoms with E-state index < -0.39 is 0 Å². The van der Waals surface area contributed by atoms with Gasteiger partial charge in [-0.3, -0.25) is 9.78 Å². The van der Waals surface area contributed by atoms with Crippen LogP contribution in [-0.4, -0.2) is 47.6 Å². The van der Waals surface area contributed by atoms with Crippen molar-refractivity contribution in [1.29, 1.82) is 0 Å². The summed E-state index contributed by atoms with van der Waals surface area (Å²) in [7, 11) is 0. The van der Waals surface area contributed by atoms with Crippen molar-refractivity contribution in [2.45, 2.75) is 51.2 Å². The zero-order valence-electron chi connectivity index (χ0n) is 18.8. The molecule has 3 aromatic rings. The molecule has 0 bridgehead atoms. The number of amides is 1. The number of aromatic nitrogens is 2. The van der Waals surface area contributed by atoms with Gasteiger partial charge in [-0.15, -0.1) is 22.7 Å². The molecule has 2 aliphatic heterocycles. The van der Waals surface area contributed by atoms with Crippen LogP contribution in [0, 0.1) is 11.8 Å². The van der Waals surface area contributed by atoms with E-state index in [1.54, 1.807) is 22.7 Å². The first-order valence-electron chi connectivity index (χ1n) is 12.0. The summed E-state index contributed by atoms with van der Waals surface area (Å²) in [5.41, 5.74) is 3.36. The first-order valence-corrected chi connectivity index (χ1v) is 13.6. The summed E-state index contributed by atoms with van der Waals surface area (Å²) in [6, 6.07) is 2.98. The molecule has 1 amide bonds. The van der Waals surface area contributed by atoms with Crippen molar-refractivity contribution in [3.8, 4) is 10.6 Å². The first-order chi connectivity index (χ1) is 16.1. The molecule has 1 saturated heterocycles. The zero-order valence-corrected chi connectivity index (χ0v) is 20.5. The molecule has 0 unspecified atom stereocenters. The van der Waals surface area contributed by atoms with E-state index in [4.69, 9.17) is 4.98 Å². The van der Waals surface area contributed by atoms with E-state index in [0.29, 0.717) is 18.5 Å². The molecule has 1 aliphatic carbocycles. The number of anilines is 1. The van der Waals surface area contributed by atoms with Crippen molar-refractivity contribution >= 4 is 43.8 Å². The van der Waals surface area contributed by atoms with Gasteiger partial charge in [0.1, 0.15) is 15.5 Å². The van der Waals surface area contributed by atoms with E-state index in [0.717, 1.165) is 70.2 Å². The summed E-state index contributed by atoms with van der Waals surface area (Å²) < 4.78 is 1.12. The minimum atomic E-state index is 0.0750. The Hall–Kier alpha value is -1.91. The minimum absolute atomic E-state index is 0.0750. The van der Waals surface area contributed by atoms with Crippen molar-refractivity contribution in [3.05, 3.63) is 28.9 Å². The lowest BCUT2D eigenvalue weighted by atomic mass is 9.99. The number of hydrogen-bond acceptors (Lipinski definition) is 8. The van der Waals surface area contributed by atoms with Crippen LogP contribution >= 0.6 is 22.7 Å². The third kappa shape index (κ3) is 4.33. The van der Waals surface area contributed by atoms with Gasteiger partial charge in [-0.1, -0.05) is 0 Å². The molecule has 4 atom stereocenters. The Morgan fingerprint density at radius 2 is 2.09 bits per heavy atom. The fourth-order valence-corrected chi connectivity index (χ4v) is 7.90. The quantitative estimate of drug-likeness (QED) is 0.431. The van der Waals surface area contributed by atoms with E-state index in [9.17, 15) is 4.79 Å². The molecule has 174 valence electrons. The van der Waals surface area contributed by atoms with Gasteiger partial charge in [0, 0.05) is 48.2 Å². The number of thiazole rings is 1. The summed E-state index contributed by atoms with van der Waals surface area (Å²) in [5, 5.41) is 15.8. The van der Waals surface area contributed by atoms with Gasteiger partial charge in [-0.25, -0.2) is 4.98 Å². The maximum absolute atomic E-state index is 12.9. The molecule has 4 N–H and O–H groups in total. The lowest BCUT2D eigenvalue weighted by Gasteiger charge is -2.20. The van der Waals surface area contributed by atoms with Crippen molar-refractivity contribution in [2.24, 2.45) is 11.8 Å². The molecule has 1 saturated carbocycles. The predicted octanol–water partition coefficient (Wildman–Crippen LogP) is 3.37. The molecule has 33 heavy (non-hydrogen) atoms. The van der Waals surface area contributed by atoms with E-state index in [1.165, 1.54) is 23.3 Å². The number of fused-ring (bicyclic) bond motifs is 3. The van der Waals surface area contributed by atoms with Crippen LogP contribution in [0.5, 0.6) is 0 Å². The molecule has 7 nitrogen and oxygen atoms in total. The van der Waals surface area contributed by atoms with Crippen molar-refractivity contribution < 1.29 is 4.79 Å². The normalized spacial score (nSPS) is 26.5.